The molecule has 0 saturated carbocycles. The maximum absolute atomic E-state index is 12.7. The highest BCUT2D eigenvalue weighted by molar-refractivity contribution is 6.05. The van der Waals surface area contributed by atoms with Crippen LogP contribution in [0, 0.1) is 0 Å². The number of carbonyl (C=O) groups excluding carboxylic acids is 3. The van der Waals surface area contributed by atoms with Crippen molar-refractivity contribution >= 4 is 23.9 Å². The van der Waals surface area contributed by atoms with Gasteiger partial charge in [-0.25, -0.2) is 0 Å². The van der Waals surface area contributed by atoms with Gasteiger partial charge in [-0.2, -0.15) is 0 Å². The molecule has 8 nitrogen and oxygen atoms in total. The number of methoxy groups -OCH3 is 1. The van der Waals surface area contributed by atoms with Gasteiger partial charge in [0.25, 0.3) is 5.91 Å². The summed E-state index contributed by atoms with van der Waals surface area (Å²) in [4.78, 5) is 39.3. The van der Waals surface area contributed by atoms with Crippen molar-refractivity contribution in [3.63, 3.8) is 0 Å². The molecule has 1 atom stereocenters. The maximum Gasteiger partial charge on any atom is 0.258 e. The van der Waals surface area contributed by atoms with Crippen molar-refractivity contribution in [2.75, 3.05) is 46.2 Å². The standard InChI is InChI=1S/C22H27N3O3.C3H7NO/c1-24(21(26)17-7-11-19(28-2)12-8-17)18-9-5-16(6-10-18)15-20(23)22(27)25-13-3-4-14-25;1-4(2)3-5/h5-12,20H,3-4,13-15,23H2,1-2H3;3H,1-2H3/t20-;/m0./s1. The Hall–Kier alpha value is -3.39. The van der Waals surface area contributed by atoms with Gasteiger partial charge in [-0.05, 0) is 61.2 Å². The van der Waals surface area contributed by atoms with E-state index in [0.717, 1.165) is 43.6 Å². The molecule has 0 unspecified atom stereocenters. The Kier molecular flexibility index (Phi) is 9.87. The van der Waals surface area contributed by atoms with E-state index in [4.69, 9.17) is 10.5 Å². The molecule has 3 rings (SSSR count). The van der Waals surface area contributed by atoms with Gasteiger partial charge in [0.2, 0.25) is 12.3 Å². The number of amides is 3. The molecule has 2 aromatic carbocycles. The molecule has 0 bridgehead atoms. The van der Waals surface area contributed by atoms with E-state index in [-0.39, 0.29) is 11.8 Å². The van der Waals surface area contributed by atoms with Gasteiger partial charge in [-0.1, -0.05) is 12.1 Å². The predicted octanol–water partition coefficient (Wildman–Crippen LogP) is 2.17. The zero-order valence-electron chi connectivity index (χ0n) is 19.9. The number of hydrogen-bond donors (Lipinski definition) is 1. The number of nitrogens with two attached hydrogens (primary N) is 1. The number of anilines is 1. The van der Waals surface area contributed by atoms with Crippen LogP contribution in [0.1, 0.15) is 28.8 Å². The Morgan fingerprint density at radius 2 is 1.58 bits per heavy atom. The van der Waals surface area contributed by atoms with Crippen LogP contribution in [0.3, 0.4) is 0 Å². The van der Waals surface area contributed by atoms with Gasteiger partial charge in [0.1, 0.15) is 5.75 Å². The summed E-state index contributed by atoms with van der Waals surface area (Å²) in [6.07, 6.45) is 3.36. The first-order valence-electron chi connectivity index (χ1n) is 10.9. The normalized spacial score (nSPS) is 13.4. The third-order valence-corrected chi connectivity index (χ3v) is 5.37. The molecule has 1 aliphatic heterocycles. The summed E-state index contributed by atoms with van der Waals surface area (Å²) in [5.74, 6) is 0.632. The topological polar surface area (TPSA) is 96.2 Å². The fourth-order valence-corrected chi connectivity index (χ4v) is 3.41. The van der Waals surface area contributed by atoms with Crippen molar-refractivity contribution in [1.29, 1.82) is 0 Å². The lowest BCUT2D eigenvalue weighted by Crippen LogP contribution is -2.43. The molecule has 3 amide bonds. The van der Waals surface area contributed by atoms with Gasteiger partial charge < -0.3 is 25.2 Å². The fraction of sp³-hybridized carbons (Fsp3) is 0.400. The molecule has 33 heavy (non-hydrogen) atoms. The Morgan fingerprint density at radius 1 is 1.03 bits per heavy atom. The van der Waals surface area contributed by atoms with E-state index in [9.17, 15) is 14.4 Å². The molecule has 2 N–H and O–H groups in total. The van der Waals surface area contributed by atoms with Gasteiger partial charge in [-0.15, -0.1) is 0 Å². The number of hydrogen-bond acceptors (Lipinski definition) is 5. The van der Waals surface area contributed by atoms with E-state index in [2.05, 4.69) is 0 Å². The third-order valence-electron chi connectivity index (χ3n) is 5.37. The average molecular weight is 455 g/mol. The number of ether oxygens (including phenoxy) is 1. The SMILES string of the molecule is CN(C)C=O.COc1ccc(C(=O)N(C)c2ccc(C[C@H](N)C(=O)N3CCCC3)cc2)cc1. The van der Waals surface area contributed by atoms with Crippen LogP contribution in [0.4, 0.5) is 5.69 Å². The van der Waals surface area contributed by atoms with Crippen LogP contribution in [0.5, 0.6) is 5.75 Å². The van der Waals surface area contributed by atoms with E-state index in [1.165, 1.54) is 4.90 Å². The Morgan fingerprint density at radius 3 is 2.06 bits per heavy atom. The first-order valence-corrected chi connectivity index (χ1v) is 10.9. The largest absolute Gasteiger partial charge is 0.497 e. The van der Waals surface area contributed by atoms with Crippen LogP contribution in [0.2, 0.25) is 0 Å². The van der Waals surface area contributed by atoms with Gasteiger partial charge >= 0.3 is 0 Å². The van der Waals surface area contributed by atoms with Crippen molar-refractivity contribution in [1.82, 2.24) is 9.80 Å². The molecule has 8 heteroatoms. The Bertz CT molecular complexity index is 907. The van der Waals surface area contributed by atoms with Crippen molar-refractivity contribution in [3.8, 4) is 5.75 Å². The zero-order chi connectivity index (χ0) is 24.4. The second kappa shape index (κ2) is 12.6. The number of nitrogens with zero attached hydrogens (tertiary/aromatic N) is 3. The van der Waals surface area contributed by atoms with Crippen LogP contribution >= 0.6 is 0 Å². The van der Waals surface area contributed by atoms with Gasteiger partial charge in [0, 0.05) is 45.5 Å². The second-order valence-electron chi connectivity index (χ2n) is 8.17. The fourth-order valence-electron chi connectivity index (χ4n) is 3.41. The molecule has 0 spiro atoms. The van der Waals surface area contributed by atoms with E-state index in [1.807, 2.05) is 29.2 Å². The molecule has 1 saturated heterocycles. The summed E-state index contributed by atoms with van der Waals surface area (Å²) < 4.78 is 5.13. The zero-order valence-corrected chi connectivity index (χ0v) is 19.9. The van der Waals surface area contributed by atoms with Crippen LogP contribution < -0.4 is 15.4 Å². The molecule has 0 aliphatic carbocycles. The second-order valence-corrected chi connectivity index (χ2v) is 8.17. The van der Waals surface area contributed by atoms with E-state index < -0.39 is 6.04 Å². The maximum atomic E-state index is 12.7. The lowest BCUT2D eigenvalue weighted by Gasteiger charge is -2.21. The monoisotopic (exact) mass is 454 g/mol. The first kappa shape index (κ1) is 25.9. The third kappa shape index (κ3) is 7.61. The number of carbonyl (C=O) groups is 3. The molecule has 178 valence electrons. The smallest absolute Gasteiger partial charge is 0.258 e. The van der Waals surface area contributed by atoms with Gasteiger partial charge in [-0.3, -0.25) is 14.4 Å². The molecule has 1 fully saturated rings. The van der Waals surface area contributed by atoms with Crippen molar-refractivity contribution in [3.05, 3.63) is 59.7 Å². The first-order chi connectivity index (χ1) is 15.8. The number of rotatable bonds is 7. The quantitative estimate of drug-likeness (QED) is 0.647. The molecule has 2 aromatic rings. The van der Waals surface area contributed by atoms with Crippen LogP contribution in [-0.2, 0) is 16.0 Å². The minimum absolute atomic E-state index is 0.0216. The molecule has 0 aromatic heterocycles. The molecule has 0 radical (unpaired) electrons. The Balaban J connectivity index is 0.000000696. The predicted molar refractivity (Wildman–Crippen MR) is 129 cm³/mol. The van der Waals surface area contributed by atoms with Gasteiger partial charge in [0.15, 0.2) is 0 Å². The van der Waals surface area contributed by atoms with Crippen molar-refractivity contribution < 1.29 is 19.1 Å². The average Bonchev–Trinajstić information content (AvgIpc) is 3.38. The summed E-state index contributed by atoms with van der Waals surface area (Å²) in [6.45, 7) is 1.62. The van der Waals surface area contributed by atoms with Crippen LogP contribution in [-0.4, -0.2) is 75.4 Å². The number of likely N-dealkylation sites (tertiary alicyclic amines) is 1. The van der Waals surface area contributed by atoms with Crippen LogP contribution in [0.25, 0.3) is 0 Å². The number of benzene rings is 2. The molecule has 1 aliphatic rings. The summed E-state index contributed by atoms with van der Waals surface area (Å²) in [7, 11) is 6.71. The Labute approximate surface area is 195 Å². The lowest BCUT2D eigenvalue weighted by atomic mass is 10.0. The van der Waals surface area contributed by atoms with E-state index in [1.54, 1.807) is 57.4 Å². The molecular formula is C25H34N4O4. The van der Waals surface area contributed by atoms with E-state index in [0.29, 0.717) is 17.7 Å². The highest BCUT2D eigenvalue weighted by Crippen LogP contribution is 2.19. The molecular weight excluding hydrogens is 420 g/mol. The van der Waals surface area contributed by atoms with E-state index >= 15 is 0 Å². The minimum Gasteiger partial charge on any atom is -0.497 e. The molecule has 1 heterocycles. The summed E-state index contributed by atoms with van der Waals surface area (Å²) in [6, 6.07) is 14.1. The highest BCUT2D eigenvalue weighted by atomic mass is 16.5. The van der Waals surface area contributed by atoms with Crippen LogP contribution in [0.15, 0.2) is 48.5 Å². The van der Waals surface area contributed by atoms with Crippen molar-refractivity contribution in [2.24, 2.45) is 5.73 Å². The highest BCUT2D eigenvalue weighted by Gasteiger charge is 2.23. The van der Waals surface area contributed by atoms with Crippen molar-refractivity contribution in [2.45, 2.75) is 25.3 Å². The summed E-state index contributed by atoms with van der Waals surface area (Å²) >= 11 is 0. The lowest BCUT2D eigenvalue weighted by molar-refractivity contribution is -0.131. The summed E-state index contributed by atoms with van der Waals surface area (Å²) in [5, 5.41) is 0. The minimum atomic E-state index is -0.525. The van der Waals surface area contributed by atoms with Gasteiger partial charge in [0.05, 0.1) is 13.2 Å². The summed E-state index contributed by atoms with van der Waals surface area (Å²) in [5.41, 5.74) is 8.46.